The highest BCUT2D eigenvalue weighted by molar-refractivity contribution is 5.76. The van der Waals surface area contributed by atoms with Crippen LogP contribution in [0.1, 0.15) is 25.7 Å². The van der Waals surface area contributed by atoms with Gasteiger partial charge < -0.3 is 19.7 Å². The highest BCUT2D eigenvalue weighted by Gasteiger charge is 2.56. The summed E-state index contributed by atoms with van der Waals surface area (Å²) >= 11 is 0. The number of carboxylic acid groups (broad SMARTS) is 1. The summed E-state index contributed by atoms with van der Waals surface area (Å²) in [6.45, 7) is 0.618. The number of aliphatic hydroxyl groups excluding tert-OH is 1. The van der Waals surface area contributed by atoms with Gasteiger partial charge in [-0.15, -0.1) is 0 Å². The van der Waals surface area contributed by atoms with Gasteiger partial charge in [0.1, 0.15) is 0 Å². The van der Waals surface area contributed by atoms with E-state index in [1.807, 2.05) is 0 Å². The first kappa shape index (κ1) is 11.8. The maximum atomic E-state index is 11.4. The van der Waals surface area contributed by atoms with E-state index in [4.69, 9.17) is 14.6 Å². The minimum Gasteiger partial charge on any atom is -0.481 e. The maximum Gasteiger partial charge on any atom is 0.312 e. The SMILES string of the molecule is O=C(O)C1(CCOCCO)CC2CCC1O2. The van der Waals surface area contributed by atoms with E-state index >= 15 is 0 Å². The molecule has 0 aromatic carbocycles. The molecule has 0 aromatic rings. The summed E-state index contributed by atoms with van der Waals surface area (Å²) in [4.78, 5) is 11.4. The average molecular weight is 230 g/mol. The molecule has 2 rings (SSSR count). The minimum absolute atomic E-state index is 0.0252. The normalized spacial score (nSPS) is 36.8. The fourth-order valence-corrected chi connectivity index (χ4v) is 2.82. The highest BCUT2D eigenvalue weighted by Crippen LogP contribution is 2.50. The third kappa shape index (κ3) is 1.95. The Hall–Kier alpha value is -0.650. The molecule has 92 valence electrons. The van der Waals surface area contributed by atoms with Crippen LogP contribution in [0.25, 0.3) is 0 Å². The number of hydrogen-bond acceptors (Lipinski definition) is 4. The summed E-state index contributed by atoms with van der Waals surface area (Å²) in [5.74, 6) is -0.771. The number of ether oxygens (including phenoxy) is 2. The molecule has 2 bridgehead atoms. The second-order valence-corrected chi connectivity index (χ2v) is 4.58. The summed E-state index contributed by atoms with van der Waals surface area (Å²) in [5.41, 5.74) is -0.752. The van der Waals surface area contributed by atoms with Gasteiger partial charge in [0, 0.05) is 6.61 Å². The summed E-state index contributed by atoms with van der Waals surface area (Å²) in [5, 5.41) is 17.9. The molecule has 0 spiro atoms. The van der Waals surface area contributed by atoms with Crippen LogP contribution in [0.2, 0.25) is 0 Å². The monoisotopic (exact) mass is 230 g/mol. The van der Waals surface area contributed by atoms with Gasteiger partial charge in [0.15, 0.2) is 0 Å². The summed E-state index contributed by atoms with van der Waals surface area (Å²) < 4.78 is 10.8. The molecule has 2 aliphatic rings. The van der Waals surface area contributed by atoms with E-state index in [0.717, 1.165) is 12.8 Å². The molecule has 0 aromatic heterocycles. The smallest absolute Gasteiger partial charge is 0.312 e. The number of rotatable bonds is 6. The van der Waals surface area contributed by atoms with Gasteiger partial charge >= 0.3 is 5.97 Å². The first-order valence-corrected chi connectivity index (χ1v) is 5.76. The largest absolute Gasteiger partial charge is 0.481 e. The van der Waals surface area contributed by atoms with Gasteiger partial charge in [-0.05, 0) is 25.7 Å². The molecular weight excluding hydrogens is 212 g/mol. The number of aliphatic hydroxyl groups is 1. The van der Waals surface area contributed by atoms with Crippen LogP contribution in [0.3, 0.4) is 0 Å². The Morgan fingerprint density at radius 2 is 2.25 bits per heavy atom. The van der Waals surface area contributed by atoms with Crippen LogP contribution in [0.15, 0.2) is 0 Å². The Kier molecular flexibility index (Phi) is 3.47. The van der Waals surface area contributed by atoms with Gasteiger partial charge in [-0.25, -0.2) is 0 Å². The first-order valence-electron chi connectivity index (χ1n) is 5.76. The maximum absolute atomic E-state index is 11.4. The van der Waals surface area contributed by atoms with E-state index in [0.29, 0.717) is 19.4 Å². The van der Waals surface area contributed by atoms with Gasteiger partial charge in [0.2, 0.25) is 0 Å². The average Bonchev–Trinajstić information content (AvgIpc) is 2.84. The zero-order valence-electron chi connectivity index (χ0n) is 9.22. The molecule has 3 unspecified atom stereocenters. The number of aliphatic carboxylic acids is 1. The van der Waals surface area contributed by atoms with Crippen molar-refractivity contribution in [1.82, 2.24) is 0 Å². The van der Waals surface area contributed by atoms with Gasteiger partial charge in [-0.1, -0.05) is 0 Å². The minimum atomic E-state index is -0.771. The lowest BCUT2D eigenvalue weighted by Gasteiger charge is -2.30. The lowest BCUT2D eigenvalue weighted by molar-refractivity contribution is -0.154. The predicted octanol–water partition coefficient (Wildman–Crippen LogP) is 0.408. The standard InChI is InChI=1S/C11H18O5/c12-4-6-15-5-3-11(10(13)14)7-8-1-2-9(11)16-8/h8-9,12H,1-7H2,(H,13,14). The molecule has 0 aliphatic carbocycles. The quantitative estimate of drug-likeness (QED) is 0.646. The molecule has 16 heavy (non-hydrogen) atoms. The van der Waals surface area contributed by atoms with Crippen molar-refractivity contribution in [1.29, 1.82) is 0 Å². The molecule has 0 amide bonds. The third-order valence-corrected chi connectivity index (χ3v) is 3.67. The van der Waals surface area contributed by atoms with Crippen LogP contribution in [-0.2, 0) is 14.3 Å². The van der Waals surface area contributed by atoms with Crippen LogP contribution in [0, 0.1) is 5.41 Å². The molecule has 2 aliphatic heterocycles. The first-order chi connectivity index (χ1) is 7.69. The Morgan fingerprint density at radius 1 is 1.44 bits per heavy atom. The van der Waals surface area contributed by atoms with Crippen LogP contribution in [-0.4, -0.2) is 48.2 Å². The van der Waals surface area contributed by atoms with Crippen molar-refractivity contribution in [2.45, 2.75) is 37.9 Å². The molecule has 3 atom stereocenters. The zero-order valence-corrected chi connectivity index (χ0v) is 9.22. The van der Waals surface area contributed by atoms with E-state index in [-0.39, 0.29) is 25.4 Å². The van der Waals surface area contributed by atoms with E-state index < -0.39 is 11.4 Å². The van der Waals surface area contributed by atoms with E-state index in [1.165, 1.54) is 0 Å². The van der Waals surface area contributed by atoms with Crippen molar-refractivity contribution in [3.05, 3.63) is 0 Å². The molecule has 2 fully saturated rings. The van der Waals surface area contributed by atoms with Crippen LogP contribution >= 0.6 is 0 Å². The molecular formula is C11H18O5. The van der Waals surface area contributed by atoms with Crippen molar-refractivity contribution in [2.75, 3.05) is 19.8 Å². The summed E-state index contributed by atoms with van der Waals surface area (Å²) in [7, 11) is 0. The van der Waals surface area contributed by atoms with Crippen LogP contribution in [0.4, 0.5) is 0 Å². The fraction of sp³-hybridized carbons (Fsp3) is 0.909. The number of carboxylic acids is 1. The molecule has 2 heterocycles. The molecule has 2 N–H and O–H groups in total. The van der Waals surface area contributed by atoms with E-state index in [2.05, 4.69) is 0 Å². The van der Waals surface area contributed by atoms with Gasteiger partial charge in [-0.3, -0.25) is 4.79 Å². The van der Waals surface area contributed by atoms with Crippen molar-refractivity contribution >= 4 is 5.97 Å². The molecule has 2 saturated heterocycles. The third-order valence-electron chi connectivity index (χ3n) is 3.67. The van der Waals surface area contributed by atoms with Crippen molar-refractivity contribution in [2.24, 2.45) is 5.41 Å². The Morgan fingerprint density at radius 3 is 2.75 bits per heavy atom. The second kappa shape index (κ2) is 4.69. The lowest BCUT2D eigenvalue weighted by Crippen LogP contribution is -2.41. The molecule has 0 saturated carbocycles. The van der Waals surface area contributed by atoms with Gasteiger partial charge in [0.25, 0.3) is 0 Å². The highest BCUT2D eigenvalue weighted by atomic mass is 16.5. The zero-order chi connectivity index (χ0) is 11.6. The lowest BCUT2D eigenvalue weighted by atomic mass is 9.72. The molecule has 5 heteroatoms. The fourth-order valence-electron chi connectivity index (χ4n) is 2.82. The van der Waals surface area contributed by atoms with E-state index in [1.54, 1.807) is 0 Å². The summed E-state index contributed by atoms with van der Waals surface area (Å²) in [6, 6.07) is 0. The summed E-state index contributed by atoms with van der Waals surface area (Å²) in [6.07, 6.45) is 2.89. The predicted molar refractivity (Wildman–Crippen MR) is 55.1 cm³/mol. The Balaban J connectivity index is 1.93. The number of carbonyl (C=O) groups is 1. The topological polar surface area (TPSA) is 76.0 Å². The van der Waals surface area contributed by atoms with Crippen LogP contribution in [0.5, 0.6) is 0 Å². The van der Waals surface area contributed by atoms with Crippen molar-refractivity contribution < 1.29 is 24.5 Å². The number of fused-ring (bicyclic) bond motifs is 2. The van der Waals surface area contributed by atoms with Gasteiger partial charge in [0.05, 0.1) is 30.8 Å². The molecule has 5 nitrogen and oxygen atoms in total. The van der Waals surface area contributed by atoms with Crippen molar-refractivity contribution in [3.63, 3.8) is 0 Å². The Bertz CT molecular complexity index is 267. The number of hydrogen-bond donors (Lipinski definition) is 2. The second-order valence-electron chi connectivity index (χ2n) is 4.58. The van der Waals surface area contributed by atoms with Gasteiger partial charge in [-0.2, -0.15) is 0 Å². The molecule has 0 radical (unpaired) electrons. The van der Waals surface area contributed by atoms with Crippen molar-refractivity contribution in [3.8, 4) is 0 Å². The van der Waals surface area contributed by atoms with E-state index in [9.17, 15) is 9.90 Å². The Labute approximate surface area is 94.4 Å². The van der Waals surface area contributed by atoms with Crippen LogP contribution < -0.4 is 0 Å².